The molecule has 2 N–H and O–H groups in total. The van der Waals surface area contributed by atoms with E-state index < -0.39 is 30.2 Å². The van der Waals surface area contributed by atoms with E-state index in [2.05, 4.69) is 12.2 Å². The predicted molar refractivity (Wildman–Crippen MR) is 114 cm³/mol. The number of aliphatic hydroxyl groups excluding tert-OH is 1. The summed E-state index contributed by atoms with van der Waals surface area (Å²) in [7, 11) is 0. The van der Waals surface area contributed by atoms with Gasteiger partial charge in [0.15, 0.2) is 6.29 Å². The molecule has 0 spiro atoms. The van der Waals surface area contributed by atoms with E-state index in [-0.39, 0.29) is 24.2 Å². The highest BCUT2D eigenvalue weighted by Crippen LogP contribution is 2.43. The minimum absolute atomic E-state index is 0.0143. The molecule has 0 saturated heterocycles. The van der Waals surface area contributed by atoms with Crippen LogP contribution in [0.2, 0.25) is 0 Å². The fourth-order valence-electron chi connectivity index (χ4n) is 5.56. The average molecular weight is 455 g/mol. The van der Waals surface area contributed by atoms with E-state index in [1.54, 1.807) is 6.08 Å². The van der Waals surface area contributed by atoms with Crippen molar-refractivity contribution in [2.75, 3.05) is 0 Å². The third-order valence-electron chi connectivity index (χ3n) is 7.17. The lowest BCUT2D eigenvalue weighted by atomic mass is 9.86. The van der Waals surface area contributed by atoms with Crippen LogP contribution in [-0.4, -0.2) is 41.0 Å². The zero-order valence-electron chi connectivity index (χ0n) is 18.2. The van der Waals surface area contributed by atoms with Crippen LogP contribution in [0.5, 0.6) is 0 Å². The second kappa shape index (κ2) is 10.1. The van der Waals surface area contributed by atoms with Gasteiger partial charge in [0.1, 0.15) is 11.9 Å². The van der Waals surface area contributed by atoms with Crippen LogP contribution in [-0.2, 0) is 9.47 Å². The van der Waals surface area contributed by atoms with Crippen molar-refractivity contribution < 1.29 is 32.9 Å². The van der Waals surface area contributed by atoms with E-state index >= 15 is 0 Å². The zero-order valence-corrected chi connectivity index (χ0v) is 18.2. The molecule has 4 nitrogen and oxygen atoms in total. The molecule has 1 saturated carbocycles. The van der Waals surface area contributed by atoms with Gasteiger partial charge in [0.25, 0.3) is 0 Å². The van der Waals surface area contributed by atoms with Gasteiger partial charge in [0.2, 0.25) is 0 Å². The Balaban J connectivity index is 1.39. The van der Waals surface area contributed by atoms with Crippen LogP contribution >= 0.6 is 0 Å². The van der Waals surface area contributed by atoms with Gasteiger partial charge in [-0.3, -0.25) is 0 Å². The van der Waals surface area contributed by atoms with Crippen molar-refractivity contribution in [2.45, 2.75) is 88.6 Å². The van der Waals surface area contributed by atoms with Gasteiger partial charge in [-0.2, -0.15) is 13.2 Å². The van der Waals surface area contributed by atoms with Crippen LogP contribution in [0.4, 0.5) is 13.2 Å². The standard InChI is InChI=1S/C25H33F3O4/c26-25(27,28)21-15-19(31-22-11-9-17-5-1-2-7-20(17)22)10-12-23(21)32-18-6-3-4-16(14-18)8-13-24(29)30/h1,3,5-6,12,15-20,22,24,29-30H,2,4,7-11,13-14H2. The van der Waals surface area contributed by atoms with Crippen LogP contribution in [0.3, 0.4) is 0 Å². The largest absolute Gasteiger partial charge is 0.486 e. The van der Waals surface area contributed by atoms with E-state index in [1.807, 2.05) is 6.08 Å². The van der Waals surface area contributed by atoms with Crippen molar-refractivity contribution in [1.82, 2.24) is 0 Å². The van der Waals surface area contributed by atoms with Crippen molar-refractivity contribution in [3.8, 4) is 0 Å². The molecular weight excluding hydrogens is 421 g/mol. The fourth-order valence-corrected chi connectivity index (χ4v) is 5.56. The molecule has 178 valence electrons. The second-order valence-corrected chi connectivity index (χ2v) is 9.49. The first-order valence-corrected chi connectivity index (χ1v) is 11.8. The third-order valence-corrected chi connectivity index (χ3v) is 7.17. The molecule has 0 aromatic rings. The normalized spacial score (nSPS) is 34.9. The number of rotatable bonds is 7. The monoisotopic (exact) mass is 454 g/mol. The molecule has 0 aliphatic heterocycles. The Labute approximate surface area is 187 Å². The highest BCUT2D eigenvalue weighted by molar-refractivity contribution is 5.35. The first-order valence-electron chi connectivity index (χ1n) is 11.8. The molecule has 7 heteroatoms. The Morgan fingerprint density at radius 2 is 1.88 bits per heavy atom. The Bertz CT molecular complexity index is 768. The number of alkyl halides is 3. The fraction of sp³-hybridized carbons (Fsp3) is 0.680. The maximum absolute atomic E-state index is 13.9. The van der Waals surface area contributed by atoms with Crippen LogP contribution in [0.15, 0.2) is 47.8 Å². The Morgan fingerprint density at radius 1 is 1.03 bits per heavy atom. The highest BCUT2D eigenvalue weighted by atomic mass is 19.4. The van der Waals surface area contributed by atoms with Crippen molar-refractivity contribution in [1.29, 1.82) is 0 Å². The number of allylic oxidation sites excluding steroid dienone is 4. The number of hydrogen-bond acceptors (Lipinski definition) is 4. The summed E-state index contributed by atoms with van der Waals surface area (Å²) in [6.45, 7) is 0. The summed E-state index contributed by atoms with van der Waals surface area (Å²) >= 11 is 0. The van der Waals surface area contributed by atoms with Crippen molar-refractivity contribution >= 4 is 0 Å². The zero-order chi connectivity index (χ0) is 22.7. The summed E-state index contributed by atoms with van der Waals surface area (Å²) in [6, 6.07) is 0. The van der Waals surface area contributed by atoms with E-state index in [0.717, 1.165) is 32.1 Å². The van der Waals surface area contributed by atoms with Gasteiger partial charge in [-0.25, -0.2) is 0 Å². The van der Waals surface area contributed by atoms with Gasteiger partial charge in [-0.05, 0) is 93.8 Å². The number of hydrogen-bond donors (Lipinski definition) is 2. The predicted octanol–water partition coefficient (Wildman–Crippen LogP) is 5.34. The molecular formula is C25H33F3O4. The minimum Gasteiger partial charge on any atom is -0.486 e. The minimum atomic E-state index is -4.52. The van der Waals surface area contributed by atoms with E-state index in [4.69, 9.17) is 19.7 Å². The average Bonchev–Trinajstić information content (AvgIpc) is 3.16. The Kier molecular flexibility index (Phi) is 7.47. The topological polar surface area (TPSA) is 58.9 Å². The van der Waals surface area contributed by atoms with E-state index in [0.29, 0.717) is 31.1 Å². The molecule has 4 aliphatic rings. The summed E-state index contributed by atoms with van der Waals surface area (Å²) in [5.41, 5.74) is -0.756. The number of aliphatic hydroxyl groups is 2. The van der Waals surface area contributed by atoms with Gasteiger partial charge in [0, 0.05) is 0 Å². The maximum atomic E-state index is 13.9. The van der Waals surface area contributed by atoms with Gasteiger partial charge < -0.3 is 19.7 Å². The smallest absolute Gasteiger partial charge is 0.419 e. The molecule has 0 aromatic carbocycles. The third kappa shape index (κ3) is 5.86. The summed E-state index contributed by atoms with van der Waals surface area (Å²) in [5, 5.41) is 18.1. The first-order chi connectivity index (χ1) is 15.3. The number of halogens is 3. The lowest BCUT2D eigenvalue weighted by Gasteiger charge is -2.32. The van der Waals surface area contributed by atoms with Gasteiger partial charge in [-0.1, -0.05) is 18.2 Å². The van der Waals surface area contributed by atoms with Crippen LogP contribution < -0.4 is 0 Å². The van der Waals surface area contributed by atoms with E-state index in [9.17, 15) is 13.2 Å². The summed E-state index contributed by atoms with van der Waals surface area (Å²) in [5.74, 6) is 0.937. The molecule has 6 atom stereocenters. The molecule has 0 aromatic heterocycles. The number of ether oxygens (including phenoxy) is 2. The summed E-state index contributed by atoms with van der Waals surface area (Å²) < 4.78 is 53.6. The van der Waals surface area contributed by atoms with Crippen LogP contribution in [0.25, 0.3) is 0 Å². The lowest BCUT2D eigenvalue weighted by Crippen LogP contribution is -2.31. The lowest BCUT2D eigenvalue weighted by molar-refractivity contribution is -0.0986. The van der Waals surface area contributed by atoms with Crippen molar-refractivity contribution in [3.05, 3.63) is 47.8 Å². The van der Waals surface area contributed by atoms with Gasteiger partial charge in [0.05, 0.1) is 17.8 Å². The molecule has 32 heavy (non-hydrogen) atoms. The van der Waals surface area contributed by atoms with Crippen LogP contribution in [0.1, 0.15) is 57.8 Å². The van der Waals surface area contributed by atoms with Crippen molar-refractivity contribution in [2.24, 2.45) is 17.8 Å². The quantitative estimate of drug-likeness (QED) is 0.403. The van der Waals surface area contributed by atoms with Gasteiger partial charge in [-0.15, -0.1) is 0 Å². The highest BCUT2D eigenvalue weighted by Gasteiger charge is 2.42. The summed E-state index contributed by atoms with van der Waals surface area (Å²) in [6.07, 6.45) is 10.5. The first kappa shape index (κ1) is 23.6. The molecule has 0 heterocycles. The van der Waals surface area contributed by atoms with Crippen LogP contribution in [0, 0.1) is 17.8 Å². The molecule has 0 amide bonds. The molecule has 6 unspecified atom stereocenters. The summed E-state index contributed by atoms with van der Waals surface area (Å²) in [4.78, 5) is 0. The maximum Gasteiger partial charge on any atom is 0.419 e. The molecule has 4 aliphatic carbocycles. The van der Waals surface area contributed by atoms with Gasteiger partial charge >= 0.3 is 6.18 Å². The molecule has 1 fully saturated rings. The molecule has 4 rings (SSSR count). The molecule has 0 radical (unpaired) electrons. The van der Waals surface area contributed by atoms with Crippen molar-refractivity contribution in [3.63, 3.8) is 0 Å². The number of fused-ring (bicyclic) bond motifs is 1. The second-order valence-electron chi connectivity index (χ2n) is 9.49. The SMILES string of the molecule is OC(O)CCC1CC=CC(OC2=CCC(OC3CCC4C=CCCC43)C=C2C(F)(F)F)C1. The molecule has 0 bridgehead atoms. The van der Waals surface area contributed by atoms with E-state index in [1.165, 1.54) is 12.2 Å². The Hall–Kier alpha value is -1.57. The Morgan fingerprint density at radius 3 is 2.66 bits per heavy atom.